The van der Waals surface area contributed by atoms with Crippen LogP contribution in [0.2, 0.25) is 0 Å². The lowest BCUT2D eigenvalue weighted by Gasteiger charge is -2.22. The Morgan fingerprint density at radius 3 is 2.86 bits per heavy atom. The smallest absolute Gasteiger partial charge is 0.253 e. The lowest BCUT2D eigenvalue weighted by atomic mass is 10.1. The van der Waals surface area contributed by atoms with Crippen LogP contribution in [0.4, 0.5) is 5.69 Å². The minimum absolute atomic E-state index is 0.0642. The van der Waals surface area contributed by atoms with Crippen LogP contribution in [-0.4, -0.2) is 38.1 Å². The molecule has 0 bridgehead atoms. The van der Waals surface area contributed by atoms with Gasteiger partial charge in [-0.1, -0.05) is 11.6 Å². The number of aryl methyl sites for hydroxylation is 1. The van der Waals surface area contributed by atoms with E-state index in [1.807, 2.05) is 13.0 Å². The molecule has 1 unspecified atom stereocenters. The number of nitrogens with zero attached hydrogens (tertiary/aromatic N) is 1. The zero-order valence-electron chi connectivity index (χ0n) is 12.8. The molecule has 2 aliphatic heterocycles. The van der Waals surface area contributed by atoms with Gasteiger partial charge in [0.1, 0.15) is 0 Å². The lowest BCUT2D eigenvalue weighted by molar-refractivity contribution is 0.0950. The van der Waals surface area contributed by atoms with Crippen LogP contribution < -0.4 is 15.5 Å². The van der Waals surface area contributed by atoms with Crippen molar-refractivity contribution in [3.05, 3.63) is 29.3 Å². The summed E-state index contributed by atoms with van der Waals surface area (Å²) in [6, 6.07) is 6.66. The summed E-state index contributed by atoms with van der Waals surface area (Å²) in [6.07, 6.45) is 4.82. The highest BCUT2D eigenvalue weighted by atomic mass is 16.1. The van der Waals surface area contributed by atoms with Gasteiger partial charge in [-0.3, -0.25) is 4.79 Å². The van der Waals surface area contributed by atoms with Crippen molar-refractivity contribution in [2.45, 2.75) is 38.6 Å². The zero-order chi connectivity index (χ0) is 14.7. The first-order valence-electron chi connectivity index (χ1n) is 8.11. The van der Waals surface area contributed by atoms with Crippen molar-refractivity contribution in [2.75, 3.05) is 31.1 Å². The van der Waals surface area contributed by atoms with Crippen molar-refractivity contribution >= 4 is 11.6 Å². The van der Waals surface area contributed by atoms with Crippen LogP contribution in [0.5, 0.6) is 0 Å². The Balaban J connectivity index is 1.72. The average molecular weight is 287 g/mol. The first kappa shape index (κ1) is 14.4. The third kappa shape index (κ3) is 3.38. The van der Waals surface area contributed by atoms with Gasteiger partial charge < -0.3 is 15.5 Å². The molecule has 2 N–H and O–H groups in total. The fourth-order valence-electron chi connectivity index (χ4n) is 3.31. The van der Waals surface area contributed by atoms with Crippen molar-refractivity contribution < 1.29 is 4.79 Å². The lowest BCUT2D eigenvalue weighted by Crippen LogP contribution is -2.37. The standard InChI is InChI=1S/C17H25N3O/c1-13-6-7-16(20-9-2-3-10-20)15(11-13)17(21)19-12-14-5-4-8-18-14/h6-7,11,14,18H,2-5,8-10,12H2,1H3,(H,19,21). The minimum atomic E-state index is 0.0642. The maximum atomic E-state index is 12.6. The predicted molar refractivity (Wildman–Crippen MR) is 86.0 cm³/mol. The van der Waals surface area contributed by atoms with Crippen molar-refractivity contribution in [1.82, 2.24) is 10.6 Å². The van der Waals surface area contributed by atoms with E-state index in [0.717, 1.165) is 49.4 Å². The highest BCUT2D eigenvalue weighted by Gasteiger charge is 2.21. The fraction of sp³-hybridized carbons (Fsp3) is 0.588. The van der Waals surface area contributed by atoms with Gasteiger partial charge in [-0.15, -0.1) is 0 Å². The predicted octanol–water partition coefficient (Wildman–Crippen LogP) is 2.08. The van der Waals surface area contributed by atoms with Crippen LogP contribution in [0.15, 0.2) is 18.2 Å². The maximum Gasteiger partial charge on any atom is 0.253 e. The van der Waals surface area contributed by atoms with E-state index in [-0.39, 0.29) is 5.91 Å². The van der Waals surface area contributed by atoms with Gasteiger partial charge >= 0.3 is 0 Å². The van der Waals surface area contributed by atoms with Crippen LogP contribution in [-0.2, 0) is 0 Å². The Labute approximate surface area is 126 Å². The molecule has 4 nitrogen and oxygen atoms in total. The molecule has 2 saturated heterocycles. The van der Waals surface area contributed by atoms with E-state index < -0.39 is 0 Å². The van der Waals surface area contributed by atoms with E-state index in [1.54, 1.807) is 0 Å². The number of carbonyl (C=O) groups excluding carboxylic acids is 1. The third-order valence-corrected chi connectivity index (χ3v) is 4.51. The van der Waals surface area contributed by atoms with Gasteiger partial charge in [0.05, 0.1) is 5.56 Å². The molecular weight excluding hydrogens is 262 g/mol. The Morgan fingerprint density at radius 1 is 1.33 bits per heavy atom. The Kier molecular flexibility index (Phi) is 4.44. The second-order valence-electron chi connectivity index (χ2n) is 6.22. The first-order valence-corrected chi connectivity index (χ1v) is 8.11. The Morgan fingerprint density at radius 2 is 2.14 bits per heavy atom. The topological polar surface area (TPSA) is 44.4 Å². The second-order valence-corrected chi connectivity index (χ2v) is 6.22. The van der Waals surface area contributed by atoms with Gasteiger partial charge in [-0.25, -0.2) is 0 Å². The Bertz CT molecular complexity index is 503. The van der Waals surface area contributed by atoms with Gasteiger partial charge in [0, 0.05) is 31.4 Å². The number of carbonyl (C=O) groups is 1. The molecule has 1 atom stereocenters. The monoisotopic (exact) mass is 287 g/mol. The van der Waals surface area contributed by atoms with Crippen molar-refractivity contribution in [3.63, 3.8) is 0 Å². The summed E-state index contributed by atoms with van der Waals surface area (Å²) in [6.45, 7) is 5.97. The summed E-state index contributed by atoms with van der Waals surface area (Å²) in [5.74, 6) is 0.0642. The maximum absolute atomic E-state index is 12.6. The third-order valence-electron chi connectivity index (χ3n) is 4.51. The molecule has 21 heavy (non-hydrogen) atoms. The summed E-state index contributed by atoms with van der Waals surface area (Å²) in [7, 11) is 0. The Hall–Kier alpha value is -1.55. The number of amides is 1. The number of nitrogens with one attached hydrogen (secondary N) is 2. The number of rotatable bonds is 4. The van der Waals surface area contributed by atoms with Crippen molar-refractivity contribution in [1.29, 1.82) is 0 Å². The van der Waals surface area contributed by atoms with E-state index in [9.17, 15) is 4.79 Å². The van der Waals surface area contributed by atoms with Crippen molar-refractivity contribution in [2.24, 2.45) is 0 Å². The van der Waals surface area contributed by atoms with E-state index in [4.69, 9.17) is 0 Å². The molecule has 2 fully saturated rings. The van der Waals surface area contributed by atoms with Crippen LogP contribution in [0.3, 0.4) is 0 Å². The fourth-order valence-corrected chi connectivity index (χ4v) is 3.31. The van der Waals surface area contributed by atoms with Gasteiger partial charge in [0.2, 0.25) is 0 Å². The van der Waals surface area contributed by atoms with Gasteiger partial charge in [0.25, 0.3) is 5.91 Å². The first-order chi connectivity index (χ1) is 10.2. The highest BCUT2D eigenvalue weighted by Crippen LogP contribution is 2.25. The molecule has 3 rings (SSSR count). The molecule has 0 spiro atoms. The summed E-state index contributed by atoms with van der Waals surface area (Å²) < 4.78 is 0. The molecule has 1 aromatic rings. The highest BCUT2D eigenvalue weighted by molar-refractivity contribution is 6.00. The van der Waals surface area contributed by atoms with Gasteiger partial charge in [-0.2, -0.15) is 0 Å². The van der Waals surface area contributed by atoms with Gasteiger partial charge in [-0.05, 0) is 51.3 Å². The van der Waals surface area contributed by atoms with Crippen LogP contribution in [0.1, 0.15) is 41.6 Å². The number of benzene rings is 1. The second kappa shape index (κ2) is 6.48. The van der Waals surface area contributed by atoms with Crippen LogP contribution in [0, 0.1) is 6.92 Å². The molecule has 1 amide bonds. The molecule has 0 radical (unpaired) electrons. The minimum Gasteiger partial charge on any atom is -0.371 e. The number of hydrogen-bond donors (Lipinski definition) is 2. The quantitative estimate of drug-likeness (QED) is 0.891. The summed E-state index contributed by atoms with van der Waals surface area (Å²) in [5, 5.41) is 6.52. The average Bonchev–Trinajstić information content (AvgIpc) is 3.18. The summed E-state index contributed by atoms with van der Waals surface area (Å²) >= 11 is 0. The zero-order valence-corrected chi connectivity index (χ0v) is 12.8. The SMILES string of the molecule is Cc1ccc(N2CCCC2)c(C(=O)NCC2CCCN2)c1. The molecule has 2 aliphatic rings. The largest absolute Gasteiger partial charge is 0.371 e. The molecule has 0 aromatic heterocycles. The normalized spacial score (nSPS) is 21.8. The van der Waals surface area contributed by atoms with E-state index in [2.05, 4.69) is 27.7 Å². The van der Waals surface area contributed by atoms with Crippen LogP contribution in [0.25, 0.3) is 0 Å². The van der Waals surface area contributed by atoms with Crippen LogP contribution >= 0.6 is 0 Å². The summed E-state index contributed by atoms with van der Waals surface area (Å²) in [4.78, 5) is 14.9. The molecule has 0 aliphatic carbocycles. The molecule has 0 saturated carbocycles. The van der Waals surface area contributed by atoms with E-state index in [1.165, 1.54) is 19.3 Å². The summed E-state index contributed by atoms with van der Waals surface area (Å²) in [5.41, 5.74) is 3.06. The van der Waals surface area contributed by atoms with E-state index >= 15 is 0 Å². The van der Waals surface area contributed by atoms with Gasteiger partial charge in [0.15, 0.2) is 0 Å². The van der Waals surface area contributed by atoms with E-state index in [0.29, 0.717) is 6.04 Å². The molecule has 114 valence electrons. The number of hydrogen-bond acceptors (Lipinski definition) is 3. The molecule has 2 heterocycles. The molecular formula is C17H25N3O. The number of anilines is 1. The molecule has 1 aromatic carbocycles. The molecule has 4 heteroatoms. The van der Waals surface area contributed by atoms with Crippen molar-refractivity contribution in [3.8, 4) is 0 Å².